The van der Waals surface area contributed by atoms with Gasteiger partial charge in [0.1, 0.15) is 0 Å². The van der Waals surface area contributed by atoms with Crippen LogP contribution in [0.15, 0.2) is 52.7 Å². The Labute approximate surface area is 317 Å². The molecule has 5 amide bonds. The maximum absolute atomic E-state index is 15.0. The summed E-state index contributed by atoms with van der Waals surface area (Å²) in [5.41, 5.74) is 4.45. The first-order valence-corrected chi connectivity index (χ1v) is 19.8. The smallest absolute Gasteiger partial charge is 0.289 e. The van der Waals surface area contributed by atoms with E-state index >= 15 is 0 Å². The van der Waals surface area contributed by atoms with Crippen molar-refractivity contribution < 1.29 is 28.4 Å². The number of fused-ring (bicyclic) bond motifs is 5. The third-order valence-corrected chi connectivity index (χ3v) is 12.3. The van der Waals surface area contributed by atoms with Gasteiger partial charge in [-0.25, -0.2) is 0 Å². The molecule has 1 aliphatic carbocycles. The van der Waals surface area contributed by atoms with Gasteiger partial charge in [0.25, 0.3) is 5.91 Å². The van der Waals surface area contributed by atoms with Crippen molar-refractivity contribution in [1.82, 2.24) is 29.9 Å². The van der Waals surface area contributed by atoms with Gasteiger partial charge < -0.3 is 34.3 Å². The number of H-pyrrole nitrogens is 1. The number of hydrogen-bond acceptors (Lipinski definition) is 6. The van der Waals surface area contributed by atoms with E-state index in [4.69, 9.17) is 4.42 Å². The number of piperidine rings is 1. The Kier molecular flexibility index (Phi) is 11.0. The molecule has 0 radical (unpaired) electrons. The molecule has 0 unspecified atom stereocenters. The highest BCUT2D eigenvalue weighted by Gasteiger charge is 2.59. The number of carbonyl (C=O) groups is 5. The summed E-state index contributed by atoms with van der Waals surface area (Å²) >= 11 is 0. The highest BCUT2D eigenvalue weighted by Crippen LogP contribution is 2.52. The van der Waals surface area contributed by atoms with Gasteiger partial charge >= 0.3 is 0 Å². The van der Waals surface area contributed by atoms with E-state index in [2.05, 4.69) is 34.6 Å². The van der Waals surface area contributed by atoms with E-state index in [9.17, 15) is 24.0 Å². The number of furan rings is 1. The first kappa shape index (κ1) is 37.4. The molecule has 0 spiro atoms. The molecule has 2 aromatic heterocycles. The zero-order valence-electron chi connectivity index (χ0n) is 32.0. The Balaban J connectivity index is 1.16. The molecule has 12 heteroatoms. The third-order valence-electron chi connectivity index (χ3n) is 12.3. The van der Waals surface area contributed by atoms with E-state index in [1.54, 1.807) is 36.0 Å². The lowest BCUT2D eigenvalue weighted by Gasteiger charge is -2.56. The number of nitrogens with one attached hydrogen (secondary N) is 2. The number of aromatic amines is 1. The van der Waals surface area contributed by atoms with E-state index in [1.165, 1.54) is 24.7 Å². The molecule has 0 bridgehead atoms. The molecule has 2 fully saturated rings. The molecule has 288 valence electrons. The number of piperazine rings is 1. The lowest BCUT2D eigenvalue weighted by Crippen LogP contribution is -2.66. The summed E-state index contributed by atoms with van der Waals surface area (Å²) in [6.07, 6.45) is 11.6. The monoisotopic (exact) mass is 738 g/mol. The quantitative estimate of drug-likeness (QED) is 0.272. The van der Waals surface area contributed by atoms with Crippen molar-refractivity contribution in [2.75, 3.05) is 53.4 Å². The molecule has 2 N–H and O–H groups in total. The molecule has 2 saturated heterocycles. The zero-order chi connectivity index (χ0) is 38.0. The van der Waals surface area contributed by atoms with E-state index in [0.29, 0.717) is 65.0 Å². The number of hydrogen-bond donors (Lipinski definition) is 2. The molecule has 12 nitrogen and oxygen atoms in total. The van der Waals surface area contributed by atoms with Crippen LogP contribution in [0.4, 0.5) is 0 Å². The second-order valence-corrected chi connectivity index (χ2v) is 15.7. The number of allylic oxidation sites excluding steroid dienone is 1. The Morgan fingerprint density at radius 1 is 1.00 bits per heavy atom. The largest absolute Gasteiger partial charge is 0.459 e. The zero-order valence-corrected chi connectivity index (χ0v) is 32.0. The van der Waals surface area contributed by atoms with Gasteiger partial charge in [-0.05, 0) is 87.1 Å². The molecule has 5 heterocycles. The van der Waals surface area contributed by atoms with E-state index in [0.717, 1.165) is 47.0 Å². The van der Waals surface area contributed by atoms with E-state index < -0.39 is 17.4 Å². The summed E-state index contributed by atoms with van der Waals surface area (Å²) in [5, 5.41) is 4.14. The molecule has 3 aliphatic heterocycles. The number of amides is 5. The summed E-state index contributed by atoms with van der Waals surface area (Å²) in [7, 11) is 3.52. The lowest BCUT2D eigenvalue weighted by atomic mass is 9.65. The van der Waals surface area contributed by atoms with Crippen molar-refractivity contribution in [1.29, 1.82) is 0 Å². The van der Waals surface area contributed by atoms with Gasteiger partial charge in [0.2, 0.25) is 23.6 Å². The van der Waals surface area contributed by atoms with Crippen LogP contribution in [0.5, 0.6) is 0 Å². The summed E-state index contributed by atoms with van der Waals surface area (Å²) in [4.78, 5) is 79.1. The Morgan fingerprint density at radius 3 is 2.50 bits per heavy atom. The fourth-order valence-electron chi connectivity index (χ4n) is 9.38. The summed E-state index contributed by atoms with van der Waals surface area (Å²) in [5.74, 6) is -1.36. The average Bonchev–Trinajstić information content (AvgIpc) is 3.87. The molecule has 4 aliphatic rings. The molecule has 54 heavy (non-hydrogen) atoms. The number of aromatic nitrogens is 1. The third kappa shape index (κ3) is 7.19. The Hall–Kier alpha value is -4.87. The lowest BCUT2D eigenvalue weighted by molar-refractivity contribution is -0.167. The van der Waals surface area contributed by atoms with Crippen LogP contribution < -0.4 is 5.32 Å². The van der Waals surface area contributed by atoms with Gasteiger partial charge in [-0.3, -0.25) is 24.0 Å². The first-order chi connectivity index (χ1) is 26.1. The van der Waals surface area contributed by atoms with Gasteiger partial charge in [-0.2, -0.15) is 0 Å². The van der Waals surface area contributed by atoms with Gasteiger partial charge in [-0.1, -0.05) is 30.7 Å². The molecule has 3 aromatic rings. The molecule has 3 atom stereocenters. The number of nitrogens with zero attached hydrogens (tertiary/aromatic N) is 4. The van der Waals surface area contributed by atoms with E-state index in [-0.39, 0.29) is 48.1 Å². The molecule has 7 rings (SSSR count). The average molecular weight is 739 g/mol. The fraction of sp³-hybridized carbons (Fsp3) is 0.548. The molecular weight excluding hydrogens is 684 g/mol. The summed E-state index contributed by atoms with van der Waals surface area (Å²) in [6.45, 7) is 4.52. The van der Waals surface area contributed by atoms with Crippen LogP contribution in [-0.2, 0) is 37.6 Å². The standard InChI is InChI=1S/C42H54N6O6/c1-4-42-33(40(52)46-20-22-47(23-21-46)41(53)35-11-8-24-54-35)26-30(27-36(49)43-18-16-28-9-6-5-7-10-28)39(51)48(42)19-17-32-31-14-12-29(13-15-37(50)45(2)3)25-34(31)44-38(32)42/h8-9,11-12,14,24-25,30,33,44H,4-7,10,13,15-23,26-27H2,1-3H3,(H,43,49)/t30-,33-,42+/m1/s1. The van der Waals surface area contributed by atoms with Crippen LogP contribution >= 0.6 is 0 Å². The minimum absolute atomic E-state index is 0.0397. The van der Waals surface area contributed by atoms with Gasteiger partial charge in [0, 0.05) is 88.7 Å². The van der Waals surface area contributed by atoms with Crippen molar-refractivity contribution in [3.8, 4) is 0 Å². The van der Waals surface area contributed by atoms with Crippen molar-refractivity contribution >= 4 is 40.4 Å². The van der Waals surface area contributed by atoms with Crippen LogP contribution in [0.25, 0.3) is 10.9 Å². The Morgan fingerprint density at radius 2 is 1.80 bits per heavy atom. The molecule has 1 aromatic carbocycles. The van der Waals surface area contributed by atoms with Gasteiger partial charge in [0.15, 0.2) is 5.76 Å². The molecular formula is C42H54N6O6. The summed E-state index contributed by atoms with van der Waals surface area (Å²) < 4.78 is 5.35. The van der Waals surface area contributed by atoms with Crippen molar-refractivity contribution in [3.63, 3.8) is 0 Å². The van der Waals surface area contributed by atoms with Crippen LogP contribution in [0, 0.1) is 11.8 Å². The van der Waals surface area contributed by atoms with Gasteiger partial charge in [0.05, 0.1) is 17.7 Å². The first-order valence-electron chi connectivity index (χ1n) is 19.8. The topological polar surface area (TPSA) is 139 Å². The van der Waals surface area contributed by atoms with Crippen LogP contribution in [0.2, 0.25) is 0 Å². The fourth-order valence-corrected chi connectivity index (χ4v) is 9.38. The minimum atomic E-state index is -0.927. The number of aryl methyl sites for hydroxylation is 1. The SMILES string of the molecule is CC[C@]12c3[nH]c4cc(CCC(=O)N(C)C)ccc4c3CCN1C(=O)[C@@H](CC(=O)NCCC1=CCCCC1)C[C@@H]2C(=O)N1CCN(C(=O)c2ccco2)CC1. The maximum atomic E-state index is 15.0. The molecule has 0 saturated carbocycles. The highest BCUT2D eigenvalue weighted by molar-refractivity contribution is 5.94. The number of rotatable bonds is 11. The van der Waals surface area contributed by atoms with E-state index in [1.807, 2.05) is 16.7 Å². The number of benzene rings is 1. The second-order valence-electron chi connectivity index (χ2n) is 15.7. The predicted molar refractivity (Wildman–Crippen MR) is 204 cm³/mol. The van der Waals surface area contributed by atoms with Gasteiger partial charge in [-0.15, -0.1) is 0 Å². The number of carbonyl (C=O) groups excluding carboxylic acids is 5. The predicted octanol–water partition coefficient (Wildman–Crippen LogP) is 4.79. The summed E-state index contributed by atoms with van der Waals surface area (Å²) in [6, 6.07) is 9.61. The van der Waals surface area contributed by atoms with Crippen LogP contribution in [-0.4, -0.2) is 107 Å². The minimum Gasteiger partial charge on any atom is -0.459 e. The Bertz CT molecular complexity index is 1920. The maximum Gasteiger partial charge on any atom is 0.289 e. The van der Waals surface area contributed by atoms with Crippen molar-refractivity contribution in [2.45, 2.75) is 83.1 Å². The van der Waals surface area contributed by atoms with Crippen LogP contribution in [0.1, 0.15) is 92.1 Å². The van der Waals surface area contributed by atoms with Crippen molar-refractivity contribution in [3.05, 3.63) is 70.8 Å². The van der Waals surface area contributed by atoms with Crippen molar-refractivity contribution in [2.24, 2.45) is 11.8 Å². The normalized spacial score (nSPS) is 22.8. The second kappa shape index (κ2) is 15.8. The highest BCUT2D eigenvalue weighted by atomic mass is 16.3. The van der Waals surface area contributed by atoms with Crippen LogP contribution in [0.3, 0.4) is 0 Å².